The third-order valence-corrected chi connectivity index (χ3v) is 9.47. The molecule has 1 aliphatic carbocycles. The van der Waals surface area contributed by atoms with Crippen molar-refractivity contribution in [2.75, 3.05) is 9.80 Å². The molecule has 0 radical (unpaired) electrons. The maximum absolute atomic E-state index is 13.8. The molecule has 4 atom stereocenters. The Bertz CT molecular complexity index is 2920. The zero-order chi connectivity index (χ0) is 44.7. The molecule has 0 aromatic heterocycles. The first kappa shape index (κ1) is 26.5. The van der Waals surface area contributed by atoms with E-state index in [2.05, 4.69) is 0 Å². The van der Waals surface area contributed by atoms with Gasteiger partial charge >= 0.3 is 12.4 Å². The number of benzene rings is 7. The number of hydrogen-bond acceptors (Lipinski definition) is 4. The predicted octanol–water partition coefficient (Wildman–Crippen LogP) is 13.2. The highest BCUT2D eigenvalue weighted by atomic mass is 19.4. The summed E-state index contributed by atoms with van der Waals surface area (Å²) in [4.78, 5) is 2.77. The van der Waals surface area contributed by atoms with Crippen LogP contribution in [0.5, 0.6) is 0 Å². The maximum atomic E-state index is 13.8. The lowest BCUT2D eigenvalue weighted by Gasteiger charge is -2.38. The Morgan fingerprint density at radius 2 is 1.06 bits per heavy atom. The van der Waals surface area contributed by atoms with Crippen LogP contribution in [0.1, 0.15) is 53.2 Å². The molecule has 0 N–H and O–H groups in total. The summed E-state index contributed by atoms with van der Waals surface area (Å²) < 4.78 is 153. The van der Waals surface area contributed by atoms with Crippen molar-refractivity contribution >= 4 is 60.8 Å². The quantitative estimate of drug-likeness (QED) is 0.126. The molecule has 0 spiro atoms. The lowest BCUT2D eigenvalue weighted by Crippen LogP contribution is -2.34. The molecule has 0 aliphatic heterocycles. The van der Waals surface area contributed by atoms with Crippen LogP contribution in [-0.2, 0) is 12.4 Å². The van der Waals surface area contributed by atoms with Crippen molar-refractivity contribution in [3.8, 4) is 12.1 Å². The third kappa shape index (κ3) is 6.18. The van der Waals surface area contributed by atoms with Gasteiger partial charge in [-0.3, -0.25) is 0 Å². The van der Waals surface area contributed by atoms with Crippen LogP contribution in [0.3, 0.4) is 0 Å². The van der Waals surface area contributed by atoms with Crippen molar-refractivity contribution in [3.05, 3.63) is 138 Å². The van der Waals surface area contributed by atoms with E-state index in [9.17, 15) is 36.9 Å². The van der Waals surface area contributed by atoms with E-state index in [0.717, 1.165) is 36.4 Å². The molecule has 7 aromatic carbocycles. The van der Waals surface area contributed by atoms with Gasteiger partial charge in [-0.15, -0.1) is 0 Å². The van der Waals surface area contributed by atoms with Crippen LogP contribution >= 0.6 is 0 Å². The Hall–Kier alpha value is -6.26. The van der Waals surface area contributed by atoms with E-state index in [1.54, 1.807) is 54.6 Å². The fourth-order valence-corrected chi connectivity index (χ4v) is 6.97. The second kappa shape index (κ2) is 13.3. The van der Waals surface area contributed by atoms with Gasteiger partial charge in [0.25, 0.3) is 0 Å². The SMILES string of the molecule is [2H]c1c([2H])c(N(c2ccc(C(F)(F)F)cc2)c2ccc3ccc4c(N(c5ccc(C(F)(F)F)cc5)C5C([2H])C([2H])C(C#N)C([2H])C5[2H])ccc5ccc2c3c54)c([2H])c([2H])c1C#N. The smallest absolute Gasteiger partial charge is 0.338 e. The van der Waals surface area contributed by atoms with Gasteiger partial charge in [-0.25, -0.2) is 0 Å². The van der Waals surface area contributed by atoms with Crippen LogP contribution in [0.2, 0.25) is 0 Å². The van der Waals surface area contributed by atoms with Crippen LogP contribution in [0.25, 0.3) is 32.3 Å². The van der Waals surface area contributed by atoms with E-state index in [1.807, 2.05) is 6.07 Å². The monoisotopic (exact) mass is 736 g/mol. The van der Waals surface area contributed by atoms with Crippen LogP contribution in [0.4, 0.5) is 54.8 Å². The number of anilines is 5. The lowest BCUT2D eigenvalue weighted by molar-refractivity contribution is -0.138. The Morgan fingerprint density at radius 1 is 0.574 bits per heavy atom. The molecule has 1 saturated carbocycles. The normalized spacial score (nSPS) is 23.9. The van der Waals surface area contributed by atoms with Gasteiger partial charge in [0.1, 0.15) is 0 Å². The van der Waals surface area contributed by atoms with Crippen molar-refractivity contribution in [2.45, 2.75) is 44.0 Å². The first-order chi connectivity index (χ1) is 29.3. The molecule has 0 bridgehead atoms. The van der Waals surface area contributed by atoms with Crippen LogP contribution in [0.15, 0.2) is 121 Å². The summed E-state index contributed by atoms with van der Waals surface area (Å²) in [5, 5.41) is 22.7. The van der Waals surface area contributed by atoms with Crippen molar-refractivity contribution in [2.24, 2.45) is 5.92 Å². The summed E-state index contributed by atoms with van der Waals surface area (Å²) >= 11 is 0. The van der Waals surface area contributed by atoms with Gasteiger partial charge in [0.15, 0.2) is 0 Å². The van der Waals surface area contributed by atoms with E-state index >= 15 is 0 Å². The van der Waals surface area contributed by atoms with Crippen molar-refractivity contribution in [1.29, 1.82) is 10.5 Å². The molecule has 0 amide bonds. The predicted molar refractivity (Wildman–Crippen MR) is 199 cm³/mol. The zero-order valence-electron chi connectivity index (χ0n) is 35.8. The summed E-state index contributed by atoms with van der Waals surface area (Å²) in [7, 11) is 0. The van der Waals surface area contributed by atoms with Crippen molar-refractivity contribution in [3.63, 3.8) is 0 Å². The molecule has 54 heavy (non-hydrogen) atoms. The van der Waals surface area contributed by atoms with Gasteiger partial charge in [-0.1, -0.05) is 36.4 Å². The third-order valence-electron chi connectivity index (χ3n) is 9.47. The van der Waals surface area contributed by atoms with Crippen LogP contribution in [0, 0.1) is 28.6 Å². The molecule has 4 nitrogen and oxygen atoms in total. The van der Waals surface area contributed by atoms with Crippen molar-refractivity contribution < 1.29 is 37.3 Å². The number of alkyl halides is 6. The number of hydrogen-bond donors (Lipinski definition) is 0. The Balaban J connectivity index is 1.41. The van der Waals surface area contributed by atoms with E-state index in [-0.39, 0.29) is 22.7 Å². The standard InChI is InChI=1S/C44H30F6N4/c45-43(46,47)31-9-17-35(18-10-31)53(33-13-1-27(25-51)2-14-33)39-23-7-29-6-22-38-40(24-8-30-5-21-37(39)41(29)42(30)38)54(34-15-3-28(26-52)4-16-34)36-19-11-32(12-20-36)44(48,49)50/h1-2,5-14,17-24,28,34H,3-4,15-16H2/i1D,2D,3D,4D,13D,14D,15D,16D. The van der Waals surface area contributed by atoms with Crippen molar-refractivity contribution in [1.82, 2.24) is 0 Å². The molecule has 1 aliphatic rings. The molecule has 10 heteroatoms. The fourth-order valence-electron chi connectivity index (χ4n) is 6.97. The average molecular weight is 737 g/mol. The largest absolute Gasteiger partial charge is 0.416 e. The average Bonchev–Trinajstić information content (AvgIpc) is 3.24. The molecular formula is C44H30F6N4. The van der Waals surface area contributed by atoms with E-state index in [0.29, 0.717) is 38.0 Å². The van der Waals surface area contributed by atoms with E-state index in [4.69, 9.17) is 11.0 Å². The number of rotatable bonds is 6. The minimum Gasteiger partial charge on any atom is -0.338 e. The molecule has 8 rings (SSSR count). The first-order valence-corrected chi connectivity index (χ1v) is 16.5. The minimum atomic E-state index is -4.71. The fraction of sp³-hybridized carbons (Fsp3) is 0.182. The molecule has 268 valence electrons. The zero-order valence-corrected chi connectivity index (χ0v) is 27.8. The molecule has 1 fully saturated rings. The first-order valence-electron chi connectivity index (χ1n) is 20.8. The Kier molecular flexibility index (Phi) is 6.53. The summed E-state index contributed by atoms with van der Waals surface area (Å²) in [5.41, 5.74) is -2.16. The van der Waals surface area contributed by atoms with Gasteiger partial charge in [0, 0.05) is 51.0 Å². The lowest BCUT2D eigenvalue weighted by atomic mass is 9.85. The van der Waals surface area contributed by atoms with Crippen LogP contribution in [-0.4, -0.2) is 6.04 Å². The van der Waals surface area contributed by atoms with Gasteiger partial charge < -0.3 is 9.80 Å². The summed E-state index contributed by atoms with van der Waals surface area (Å²) in [5.74, 6) is -1.28. The number of nitrogens with zero attached hydrogens (tertiary/aromatic N) is 4. The van der Waals surface area contributed by atoms with Gasteiger partial charge in [-0.2, -0.15) is 36.9 Å². The Morgan fingerprint density at radius 3 is 1.56 bits per heavy atom. The topological polar surface area (TPSA) is 54.1 Å². The number of halogens is 6. The second-order valence-electron chi connectivity index (χ2n) is 12.6. The van der Waals surface area contributed by atoms with Gasteiger partial charge in [-0.05, 0) is 132 Å². The minimum absolute atomic E-state index is 0.0264. The Labute approximate surface area is 318 Å². The van der Waals surface area contributed by atoms with E-state index < -0.39 is 90.8 Å². The van der Waals surface area contributed by atoms with Gasteiger partial charge in [0.05, 0.1) is 40.0 Å². The van der Waals surface area contributed by atoms with Crippen LogP contribution < -0.4 is 9.80 Å². The number of nitriles is 2. The molecule has 0 heterocycles. The highest BCUT2D eigenvalue weighted by molar-refractivity contribution is 6.28. The maximum Gasteiger partial charge on any atom is 0.416 e. The second-order valence-corrected chi connectivity index (χ2v) is 12.6. The molecular weight excluding hydrogens is 698 g/mol. The molecule has 7 aromatic rings. The molecule has 0 saturated heterocycles. The summed E-state index contributed by atoms with van der Waals surface area (Å²) in [6.07, 6.45) is -15.2. The highest BCUT2D eigenvalue weighted by Gasteiger charge is 2.33. The summed E-state index contributed by atoms with van der Waals surface area (Å²) in [6, 6.07) is 21.2. The highest BCUT2D eigenvalue weighted by Crippen LogP contribution is 2.48. The summed E-state index contributed by atoms with van der Waals surface area (Å²) in [6.45, 7) is 0. The van der Waals surface area contributed by atoms with Gasteiger partial charge in [0.2, 0.25) is 0 Å². The molecule has 4 unspecified atom stereocenters. The van der Waals surface area contributed by atoms with E-state index in [1.165, 1.54) is 21.9 Å².